The van der Waals surface area contributed by atoms with E-state index in [1.165, 1.54) is 212 Å². The van der Waals surface area contributed by atoms with Crippen molar-refractivity contribution < 1.29 is 80.2 Å². The monoisotopic (exact) mass is 1470 g/mol. The minimum Gasteiger partial charge on any atom is -0.462 e. The summed E-state index contributed by atoms with van der Waals surface area (Å²) in [5, 5.41) is 10.6. The van der Waals surface area contributed by atoms with Gasteiger partial charge in [0.2, 0.25) is 0 Å². The van der Waals surface area contributed by atoms with Crippen molar-refractivity contribution in [1.29, 1.82) is 0 Å². The van der Waals surface area contributed by atoms with Crippen molar-refractivity contribution in [2.45, 2.75) is 433 Å². The van der Waals surface area contributed by atoms with Gasteiger partial charge in [0.05, 0.1) is 26.4 Å². The van der Waals surface area contributed by atoms with E-state index < -0.39 is 97.5 Å². The van der Waals surface area contributed by atoms with Crippen LogP contribution >= 0.6 is 15.6 Å². The lowest BCUT2D eigenvalue weighted by Crippen LogP contribution is -2.30. The molecule has 7 atom stereocenters. The highest BCUT2D eigenvalue weighted by Gasteiger charge is 2.30. The summed E-state index contributed by atoms with van der Waals surface area (Å²) in [7, 11) is -9.92. The maximum Gasteiger partial charge on any atom is 0.472 e. The Balaban J connectivity index is 5.22. The molecule has 5 unspecified atom stereocenters. The van der Waals surface area contributed by atoms with E-state index in [1.807, 2.05) is 0 Å². The highest BCUT2D eigenvalue weighted by molar-refractivity contribution is 7.47. The van der Waals surface area contributed by atoms with E-state index in [1.54, 1.807) is 0 Å². The fraction of sp³-hybridized carbons (Fsp3) is 0.951. The first-order chi connectivity index (χ1) is 48.2. The first-order valence-electron chi connectivity index (χ1n) is 41.8. The molecule has 0 rings (SSSR count). The van der Waals surface area contributed by atoms with Crippen LogP contribution in [0.2, 0.25) is 0 Å². The Morgan fingerprint density at radius 2 is 0.480 bits per heavy atom. The first kappa shape index (κ1) is 98.1. The van der Waals surface area contributed by atoms with Crippen LogP contribution in [0.1, 0.15) is 415 Å². The molecule has 0 aromatic heterocycles. The second kappa shape index (κ2) is 70.1. The third-order valence-corrected chi connectivity index (χ3v) is 21.4. The van der Waals surface area contributed by atoms with E-state index >= 15 is 0 Å². The lowest BCUT2D eigenvalue weighted by molar-refractivity contribution is -0.161. The van der Waals surface area contributed by atoms with E-state index in [-0.39, 0.29) is 25.7 Å². The number of phosphoric ester groups is 2. The zero-order valence-electron chi connectivity index (χ0n) is 65.8. The molecule has 0 amide bonds. The van der Waals surface area contributed by atoms with Crippen molar-refractivity contribution in [3.8, 4) is 0 Å². The SMILES string of the molecule is CCC(C)CCCCCCCCCCCCCCCCCCCCC(=O)O[C@H](COC(=O)CCCCCCCCCCCCCC(C)C)COP(=O)(O)OCC(O)COP(=O)(O)OC[C@@H](COC(=O)CCCCCCCCCC(C)C)OC(=O)CCCCCCCCCCCCC(C)CC. The minimum absolute atomic E-state index is 0.105. The quantitative estimate of drug-likeness (QED) is 0.0222. The van der Waals surface area contributed by atoms with Crippen LogP contribution in [-0.2, 0) is 65.4 Å². The van der Waals surface area contributed by atoms with Crippen molar-refractivity contribution in [2.75, 3.05) is 39.6 Å². The summed E-state index contributed by atoms with van der Waals surface area (Å²) in [5.74, 6) is 1.03. The third kappa shape index (κ3) is 71.7. The van der Waals surface area contributed by atoms with Crippen LogP contribution in [0.3, 0.4) is 0 Å². The first-order valence-corrected chi connectivity index (χ1v) is 44.8. The predicted octanol–water partition coefficient (Wildman–Crippen LogP) is 24.0. The molecule has 0 aromatic carbocycles. The van der Waals surface area contributed by atoms with Gasteiger partial charge in [-0.25, -0.2) is 9.13 Å². The Morgan fingerprint density at radius 1 is 0.280 bits per heavy atom. The van der Waals surface area contributed by atoms with E-state index in [4.69, 9.17) is 37.0 Å². The van der Waals surface area contributed by atoms with E-state index in [9.17, 15) is 43.2 Å². The standard InChI is InChI=1S/C81H158O17P2/c1-9-73(7)59-51-43-35-27-21-17-15-13-11-12-14-16-18-22-30-38-47-55-63-80(85)97-76(67-91-78(83)61-53-45-37-29-23-19-20-26-33-41-49-57-71(3)4)69-95-99(87,88)93-65-75(82)66-94-100(89,90)96-70-77(68-92-79(84)62-54-46-40-32-34-42-50-58-72(5)6)98-81(86)64-56-48-39-31-25-24-28-36-44-52-60-74(8)10-2/h71-77,82H,9-70H2,1-8H3,(H,87,88)(H,89,90)/t73?,74?,75?,76-,77-/m1/s1. The number of hydrogen-bond donors (Lipinski definition) is 3. The number of hydrogen-bond acceptors (Lipinski definition) is 15. The summed E-state index contributed by atoms with van der Waals surface area (Å²) in [6.45, 7) is 14.3. The second-order valence-corrected chi connectivity index (χ2v) is 33.5. The van der Waals surface area contributed by atoms with Gasteiger partial charge in [0.25, 0.3) is 0 Å². The van der Waals surface area contributed by atoms with Gasteiger partial charge < -0.3 is 33.8 Å². The normalized spacial score (nSPS) is 14.6. The number of carbonyl (C=O) groups excluding carboxylic acids is 4. The Bertz CT molecular complexity index is 1960. The molecular weight excluding hydrogens is 1310 g/mol. The molecule has 0 fully saturated rings. The molecule has 0 aromatic rings. The highest BCUT2D eigenvalue weighted by Crippen LogP contribution is 2.45. The molecule has 19 heteroatoms. The van der Waals surface area contributed by atoms with E-state index in [0.717, 1.165) is 114 Å². The average Bonchev–Trinajstić information content (AvgIpc) is 1.13. The van der Waals surface area contributed by atoms with Crippen molar-refractivity contribution in [3.63, 3.8) is 0 Å². The largest absolute Gasteiger partial charge is 0.472 e. The summed E-state index contributed by atoms with van der Waals surface area (Å²) >= 11 is 0. The van der Waals surface area contributed by atoms with Gasteiger partial charge in [-0.1, -0.05) is 364 Å². The van der Waals surface area contributed by atoms with Gasteiger partial charge in [-0.05, 0) is 49.4 Å². The van der Waals surface area contributed by atoms with Gasteiger partial charge in [0.15, 0.2) is 12.2 Å². The van der Waals surface area contributed by atoms with Gasteiger partial charge in [0.1, 0.15) is 19.3 Å². The Hall–Kier alpha value is -1.94. The van der Waals surface area contributed by atoms with Gasteiger partial charge in [0, 0.05) is 25.7 Å². The van der Waals surface area contributed by atoms with Crippen LogP contribution in [0.4, 0.5) is 0 Å². The Labute approximate surface area is 613 Å². The maximum absolute atomic E-state index is 13.1. The molecule has 0 saturated carbocycles. The van der Waals surface area contributed by atoms with Crippen LogP contribution in [0.15, 0.2) is 0 Å². The third-order valence-electron chi connectivity index (χ3n) is 19.5. The number of esters is 4. The molecule has 0 bridgehead atoms. The molecular formula is C81H158O17P2. The number of phosphoric acid groups is 2. The van der Waals surface area contributed by atoms with E-state index in [2.05, 4.69) is 55.4 Å². The van der Waals surface area contributed by atoms with Gasteiger partial charge in [-0.2, -0.15) is 0 Å². The lowest BCUT2D eigenvalue weighted by Gasteiger charge is -2.21. The van der Waals surface area contributed by atoms with Crippen molar-refractivity contribution in [1.82, 2.24) is 0 Å². The van der Waals surface area contributed by atoms with Gasteiger partial charge in [-0.15, -0.1) is 0 Å². The summed E-state index contributed by atoms with van der Waals surface area (Å²) in [4.78, 5) is 73.0. The number of ether oxygens (including phenoxy) is 4. The molecule has 594 valence electrons. The van der Waals surface area contributed by atoms with Crippen molar-refractivity contribution >= 4 is 39.5 Å². The van der Waals surface area contributed by atoms with Crippen LogP contribution in [0.5, 0.6) is 0 Å². The predicted molar refractivity (Wildman–Crippen MR) is 409 cm³/mol. The number of carbonyl (C=O) groups is 4. The molecule has 100 heavy (non-hydrogen) atoms. The fourth-order valence-corrected chi connectivity index (χ4v) is 13.9. The molecule has 3 N–H and O–H groups in total. The molecule has 0 radical (unpaired) electrons. The van der Waals surface area contributed by atoms with Crippen LogP contribution in [0, 0.1) is 23.7 Å². The molecule has 0 aliphatic heterocycles. The number of aliphatic hydroxyl groups is 1. The highest BCUT2D eigenvalue weighted by atomic mass is 31.2. The fourth-order valence-electron chi connectivity index (χ4n) is 12.4. The number of aliphatic hydroxyl groups excluding tert-OH is 1. The van der Waals surface area contributed by atoms with Gasteiger partial charge >= 0.3 is 39.5 Å². The molecule has 0 saturated heterocycles. The zero-order valence-corrected chi connectivity index (χ0v) is 67.6. The van der Waals surface area contributed by atoms with Crippen LogP contribution in [0.25, 0.3) is 0 Å². The zero-order chi connectivity index (χ0) is 73.8. The number of rotatable bonds is 78. The van der Waals surface area contributed by atoms with Crippen molar-refractivity contribution in [2.24, 2.45) is 23.7 Å². The second-order valence-electron chi connectivity index (χ2n) is 30.6. The summed E-state index contributed by atoms with van der Waals surface area (Å²) in [5.41, 5.74) is 0. The average molecular weight is 1470 g/mol. The number of unbranched alkanes of at least 4 members (excludes halogenated alkanes) is 42. The van der Waals surface area contributed by atoms with Crippen LogP contribution in [-0.4, -0.2) is 96.7 Å². The molecule has 17 nitrogen and oxygen atoms in total. The Morgan fingerprint density at radius 3 is 0.710 bits per heavy atom. The molecule has 0 spiro atoms. The Kier molecular flexibility index (Phi) is 68.7. The maximum atomic E-state index is 13.1. The lowest BCUT2D eigenvalue weighted by atomic mass is 9.99. The van der Waals surface area contributed by atoms with Gasteiger partial charge in [-0.3, -0.25) is 37.3 Å². The molecule has 0 heterocycles. The van der Waals surface area contributed by atoms with E-state index in [0.29, 0.717) is 31.6 Å². The molecule has 0 aliphatic carbocycles. The smallest absolute Gasteiger partial charge is 0.462 e. The summed E-state index contributed by atoms with van der Waals surface area (Å²) < 4.78 is 68.7. The van der Waals surface area contributed by atoms with Crippen LogP contribution < -0.4 is 0 Å². The molecule has 0 aliphatic rings. The topological polar surface area (TPSA) is 237 Å². The summed E-state index contributed by atoms with van der Waals surface area (Å²) in [6, 6.07) is 0. The summed E-state index contributed by atoms with van der Waals surface area (Å²) in [6.07, 6.45) is 56.9. The van der Waals surface area contributed by atoms with Crippen molar-refractivity contribution in [3.05, 3.63) is 0 Å². The minimum atomic E-state index is -4.96.